The first-order valence-electron chi connectivity index (χ1n) is 6.00. The first kappa shape index (κ1) is 11.7. The number of rotatable bonds is 2. The SMILES string of the molecule is N#CCc1c(CC#N)c2ccsc2c2ccccc12. The molecule has 0 aliphatic heterocycles. The van der Waals surface area contributed by atoms with Gasteiger partial charge in [-0.3, -0.25) is 0 Å². The van der Waals surface area contributed by atoms with Crippen molar-refractivity contribution in [2.45, 2.75) is 12.8 Å². The molecule has 2 nitrogen and oxygen atoms in total. The lowest BCUT2D eigenvalue weighted by molar-refractivity contribution is 1.19. The fourth-order valence-electron chi connectivity index (χ4n) is 2.59. The summed E-state index contributed by atoms with van der Waals surface area (Å²) in [7, 11) is 0. The summed E-state index contributed by atoms with van der Waals surface area (Å²) in [4.78, 5) is 0. The van der Waals surface area contributed by atoms with E-state index in [0.29, 0.717) is 12.8 Å². The van der Waals surface area contributed by atoms with Crippen molar-refractivity contribution in [3.63, 3.8) is 0 Å². The average Bonchev–Trinajstić information content (AvgIpc) is 2.92. The van der Waals surface area contributed by atoms with Crippen molar-refractivity contribution in [2.75, 3.05) is 0 Å². The molecule has 2 aromatic carbocycles. The summed E-state index contributed by atoms with van der Waals surface area (Å²) < 4.78 is 1.21. The fourth-order valence-corrected chi connectivity index (χ4v) is 3.55. The molecule has 0 unspecified atom stereocenters. The van der Waals surface area contributed by atoms with Crippen LogP contribution in [0.4, 0.5) is 0 Å². The molecule has 0 aliphatic carbocycles. The number of hydrogen-bond donors (Lipinski definition) is 0. The maximum Gasteiger partial charge on any atom is 0.0670 e. The highest BCUT2D eigenvalue weighted by Gasteiger charge is 2.14. The van der Waals surface area contributed by atoms with Crippen molar-refractivity contribution in [3.05, 3.63) is 46.8 Å². The van der Waals surface area contributed by atoms with Crippen LogP contribution >= 0.6 is 11.3 Å². The van der Waals surface area contributed by atoms with Crippen molar-refractivity contribution in [2.24, 2.45) is 0 Å². The Morgan fingerprint density at radius 1 is 0.842 bits per heavy atom. The van der Waals surface area contributed by atoms with Crippen LogP contribution in [0.5, 0.6) is 0 Å². The molecular formula is C16H10N2S. The Morgan fingerprint density at radius 3 is 2.16 bits per heavy atom. The summed E-state index contributed by atoms with van der Waals surface area (Å²) in [5.41, 5.74) is 2.02. The molecule has 0 radical (unpaired) electrons. The molecule has 0 atom stereocenters. The normalized spacial score (nSPS) is 10.4. The second kappa shape index (κ2) is 4.72. The lowest BCUT2D eigenvalue weighted by Crippen LogP contribution is -1.95. The van der Waals surface area contributed by atoms with Gasteiger partial charge in [0, 0.05) is 4.70 Å². The van der Waals surface area contributed by atoms with E-state index in [1.54, 1.807) is 11.3 Å². The minimum absolute atomic E-state index is 0.351. The van der Waals surface area contributed by atoms with Crippen LogP contribution in [-0.2, 0) is 12.8 Å². The van der Waals surface area contributed by atoms with Crippen molar-refractivity contribution in [1.29, 1.82) is 10.5 Å². The van der Waals surface area contributed by atoms with E-state index in [1.165, 1.54) is 10.1 Å². The zero-order chi connectivity index (χ0) is 13.2. The van der Waals surface area contributed by atoms with Gasteiger partial charge in [-0.25, -0.2) is 0 Å². The molecule has 3 rings (SSSR count). The van der Waals surface area contributed by atoms with Crippen LogP contribution in [0, 0.1) is 22.7 Å². The van der Waals surface area contributed by atoms with E-state index >= 15 is 0 Å². The highest BCUT2D eigenvalue weighted by atomic mass is 32.1. The van der Waals surface area contributed by atoms with E-state index in [-0.39, 0.29) is 0 Å². The molecule has 0 amide bonds. The largest absolute Gasteiger partial charge is 0.198 e. The summed E-state index contributed by atoms with van der Waals surface area (Å²) in [6, 6.07) is 14.6. The lowest BCUT2D eigenvalue weighted by atomic mass is 9.92. The summed E-state index contributed by atoms with van der Waals surface area (Å²) in [5.74, 6) is 0. The molecular weight excluding hydrogens is 252 g/mol. The van der Waals surface area contributed by atoms with Gasteiger partial charge in [0.05, 0.1) is 25.0 Å². The Labute approximate surface area is 115 Å². The van der Waals surface area contributed by atoms with Crippen LogP contribution in [0.25, 0.3) is 20.9 Å². The number of hydrogen-bond acceptors (Lipinski definition) is 3. The van der Waals surface area contributed by atoms with Gasteiger partial charge >= 0.3 is 0 Å². The standard InChI is InChI=1S/C16H10N2S/c17-8-5-12-11-3-1-2-4-14(11)16-15(7-10-19-16)13(12)6-9-18/h1-4,7,10H,5-6H2. The molecule has 0 saturated heterocycles. The minimum Gasteiger partial charge on any atom is -0.198 e. The third-order valence-corrected chi connectivity index (χ3v) is 4.31. The second-order valence-electron chi connectivity index (χ2n) is 4.34. The molecule has 1 heterocycles. The molecule has 0 fully saturated rings. The smallest absolute Gasteiger partial charge is 0.0670 e. The van der Waals surface area contributed by atoms with Gasteiger partial charge in [0.2, 0.25) is 0 Å². The molecule has 1 aromatic heterocycles. The maximum atomic E-state index is 9.06. The highest BCUT2D eigenvalue weighted by molar-refractivity contribution is 7.18. The van der Waals surface area contributed by atoms with E-state index in [2.05, 4.69) is 24.3 Å². The monoisotopic (exact) mass is 262 g/mol. The predicted octanol–water partition coefficient (Wildman–Crippen LogP) is 4.19. The number of nitriles is 2. The number of nitrogens with zero attached hydrogens (tertiary/aromatic N) is 2. The molecule has 0 N–H and O–H groups in total. The molecule has 19 heavy (non-hydrogen) atoms. The fraction of sp³-hybridized carbons (Fsp3) is 0.125. The first-order chi connectivity index (χ1) is 9.36. The van der Waals surface area contributed by atoms with Crippen LogP contribution in [0.1, 0.15) is 11.1 Å². The summed E-state index contributed by atoms with van der Waals surface area (Å²) in [6.07, 6.45) is 0.707. The topological polar surface area (TPSA) is 47.6 Å². The van der Waals surface area contributed by atoms with Gasteiger partial charge < -0.3 is 0 Å². The van der Waals surface area contributed by atoms with Gasteiger partial charge in [-0.1, -0.05) is 24.3 Å². The minimum atomic E-state index is 0.351. The Bertz CT molecular complexity index is 847. The van der Waals surface area contributed by atoms with Gasteiger partial charge in [0.15, 0.2) is 0 Å². The average molecular weight is 262 g/mol. The maximum absolute atomic E-state index is 9.06. The van der Waals surface area contributed by atoms with Crippen molar-refractivity contribution in [3.8, 4) is 12.1 Å². The first-order valence-corrected chi connectivity index (χ1v) is 6.88. The van der Waals surface area contributed by atoms with E-state index in [4.69, 9.17) is 10.5 Å². The molecule has 3 heteroatoms. The van der Waals surface area contributed by atoms with Crippen molar-refractivity contribution >= 4 is 32.2 Å². The molecule has 3 aromatic rings. The molecule has 0 bridgehead atoms. The number of benzene rings is 2. The van der Waals surface area contributed by atoms with Gasteiger partial charge in [0.25, 0.3) is 0 Å². The summed E-state index contributed by atoms with van der Waals surface area (Å²) in [5, 5.41) is 23.6. The van der Waals surface area contributed by atoms with Gasteiger partial charge in [-0.05, 0) is 38.7 Å². The second-order valence-corrected chi connectivity index (χ2v) is 5.25. The van der Waals surface area contributed by atoms with Crippen LogP contribution < -0.4 is 0 Å². The van der Waals surface area contributed by atoms with Crippen LogP contribution in [0.3, 0.4) is 0 Å². The molecule has 0 spiro atoms. The predicted molar refractivity (Wildman–Crippen MR) is 78.0 cm³/mol. The van der Waals surface area contributed by atoms with Gasteiger partial charge in [0.1, 0.15) is 0 Å². The van der Waals surface area contributed by atoms with Crippen molar-refractivity contribution < 1.29 is 0 Å². The van der Waals surface area contributed by atoms with Gasteiger partial charge in [-0.15, -0.1) is 11.3 Å². The Kier molecular flexibility index (Phi) is 2.91. The lowest BCUT2D eigenvalue weighted by Gasteiger charge is -2.11. The van der Waals surface area contributed by atoms with E-state index in [9.17, 15) is 0 Å². The summed E-state index contributed by atoms with van der Waals surface area (Å²) >= 11 is 1.69. The quantitative estimate of drug-likeness (QED) is 0.695. The van der Waals surface area contributed by atoms with E-state index in [1.807, 2.05) is 23.6 Å². The summed E-state index contributed by atoms with van der Waals surface area (Å²) in [6.45, 7) is 0. The molecule has 0 aliphatic rings. The van der Waals surface area contributed by atoms with E-state index in [0.717, 1.165) is 21.9 Å². The Balaban J connectivity index is 2.53. The molecule has 90 valence electrons. The van der Waals surface area contributed by atoms with Crippen LogP contribution in [0.2, 0.25) is 0 Å². The Morgan fingerprint density at radius 2 is 1.47 bits per heavy atom. The third-order valence-electron chi connectivity index (χ3n) is 3.36. The molecule has 0 saturated carbocycles. The highest BCUT2D eigenvalue weighted by Crippen LogP contribution is 2.36. The Hall–Kier alpha value is -2.36. The zero-order valence-corrected chi connectivity index (χ0v) is 11.0. The number of thiophene rings is 1. The number of fused-ring (bicyclic) bond motifs is 3. The zero-order valence-electron chi connectivity index (χ0n) is 10.2. The van der Waals surface area contributed by atoms with Crippen LogP contribution in [-0.4, -0.2) is 0 Å². The van der Waals surface area contributed by atoms with Crippen LogP contribution in [0.15, 0.2) is 35.7 Å². The van der Waals surface area contributed by atoms with E-state index < -0.39 is 0 Å². The third kappa shape index (κ3) is 1.76. The van der Waals surface area contributed by atoms with Crippen molar-refractivity contribution in [1.82, 2.24) is 0 Å². The van der Waals surface area contributed by atoms with Gasteiger partial charge in [-0.2, -0.15) is 10.5 Å².